The number of amides is 3. The summed E-state index contributed by atoms with van der Waals surface area (Å²) in [5.41, 5.74) is 4.73. The van der Waals surface area contributed by atoms with Gasteiger partial charge in [0.1, 0.15) is 29.7 Å². The number of nitrogens with one attached hydrogen (secondary N) is 3. The molecule has 0 saturated carbocycles. The Hall–Kier alpha value is -4.86. The van der Waals surface area contributed by atoms with Gasteiger partial charge in [-0.3, -0.25) is 10.1 Å². The largest absolute Gasteiger partial charge is 0.497 e. The summed E-state index contributed by atoms with van der Waals surface area (Å²) < 4.78 is 13.0. The van der Waals surface area contributed by atoms with Gasteiger partial charge in [0.05, 0.1) is 18.5 Å². The van der Waals surface area contributed by atoms with Gasteiger partial charge >= 0.3 is 6.03 Å². The van der Waals surface area contributed by atoms with Gasteiger partial charge in [-0.05, 0) is 79.1 Å². The second-order valence-corrected chi connectivity index (χ2v) is 10.7. The smallest absolute Gasteiger partial charge is 0.324 e. The topological polar surface area (TPSA) is 119 Å². The number of anilines is 3. The average molecular weight is 557 g/mol. The molecule has 0 spiro atoms. The van der Waals surface area contributed by atoms with E-state index >= 15 is 0 Å². The third-order valence-corrected chi connectivity index (χ3v) is 6.54. The van der Waals surface area contributed by atoms with Gasteiger partial charge in [0.2, 0.25) is 5.91 Å². The Balaban J connectivity index is 1.48. The molecule has 10 heteroatoms. The summed E-state index contributed by atoms with van der Waals surface area (Å²) in [4.78, 5) is 28.6. The van der Waals surface area contributed by atoms with Crippen molar-refractivity contribution in [2.24, 2.45) is 0 Å². The highest BCUT2D eigenvalue weighted by molar-refractivity contribution is 6.00. The highest BCUT2D eigenvalue weighted by Crippen LogP contribution is 2.30. The molecule has 0 unspecified atom stereocenters. The molecule has 3 N–H and O–H groups in total. The van der Waals surface area contributed by atoms with Crippen molar-refractivity contribution in [3.63, 3.8) is 0 Å². The molecule has 4 rings (SSSR count). The quantitative estimate of drug-likeness (QED) is 0.232. The molecular weight excluding hydrogens is 520 g/mol. The molecule has 0 aliphatic rings. The van der Waals surface area contributed by atoms with Crippen LogP contribution in [0.3, 0.4) is 0 Å². The molecule has 2 aromatic heterocycles. The second kappa shape index (κ2) is 12.1. The number of aromatic nitrogens is 3. The van der Waals surface area contributed by atoms with Crippen LogP contribution in [0.15, 0.2) is 60.8 Å². The molecule has 0 aliphatic heterocycles. The number of hydrogen-bond acceptors (Lipinski definition) is 6. The van der Waals surface area contributed by atoms with Crippen molar-refractivity contribution >= 4 is 29.3 Å². The Morgan fingerprint density at radius 3 is 2.32 bits per heavy atom. The van der Waals surface area contributed by atoms with Crippen LogP contribution in [-0.4, -0.2) is 33.8 Å². The molecule has 4 aromatic rings. The van der Waals surface area contributed by atoms with E-state index in [4.69, 9.17) is 14.6 Å². The number of methoxy groups -OCH3 is 1. The van der Waals surface area contributed by atoms with Gasteiger partial charge in [-0.2, -0.15) is 5.10 Å². The summed E-state index contributed by atoms with van der Waals surface area (Å²) in [6.07, 6.45) is 1.62. The Bertz CT molecular complexity index is 1550. The number of pyridine rings is 1. The van der Waals surface area contributed by atoms with Crippen molar-refractivity contribution in [3.8, 4) is 17.2 Å². The monoisotopic (exact) mass is 556 g/mol. The van der Waals surface area contributed by atoms with Gasteiger partial charge in [0.25, 0.3) is 0 Å². The molecule has 0 saturated heterocycles. The van der Waals surface area contributed by atoms with Crippen molar-refractivity contribution in [2.45, 2.75) is 53.6 Å². The summed E-state index contributed by atoms with van der Waals surface area (Å²) in [6.45, 7) is 11.8. The van der Waals surface area contributed by atoms with E-state index in [2.05, 4.69) is 41.7 Å². The van der Waals surface area contributed by atoms with Crippen molar-refractivity contribution in [3.05, 3.63) is 83.2 Å². The molecule has 2 heterocycles. The van der Waals surface area contributed by atoms with Crippen LogP contribution in [0.25, 0.3) is 5.69 Å². The molecule has 214 valence electrons. The van der Waals surface area contributed by atoms with Crippen LogP contribution in [0.1, 0.15) is 50.1 Å². The van der Waals surface area contributed by atoms with Crippen LogP contribution < -0.4 is 25.4 Å². The molecule has 2 aromatic carbocycles. The summed E-state index contributed by atoms with van der Waals surface area (Å²) in [7, 11) is 1.62. The number of benzene rings is 2. The van der Waals surface area contributed by atoms with Gasteiger partial charge in [0, 0.05) is 30.3 Å². The number of rotatable bonds is 8. The summed E-state index contributed by atoms with van der Waals surface area (Å²) in [6, 6.07) is 16.2. The molecule has 0 fully saturated rings. The SMILES string of the molecule is COc1ccc(-n2nc(C(C)(C)C)cc2NC(=O)Nc2ccc(OCc3ccnc(NC(C)=O)c3)c(C)c2C)cc1. The second-order valence-electron chi connectivity index (χ2n) is 10.7. The zero-order valence-electron chi connectivity index (χ0n) is 24.5. The van der Waals surface area contributed by atoms with E-state index in [9.17, 15) is 9.59 Å². The fourth-order valence-corrected chi connectivity index (χ4v) is 4.09. The molecule has 0 bridgehead atoms. The molecule has 10 nitrogen and oxygen atoms in total. The lowest BCUT2D eigenvalue weighted by Crippen LogP contribution is -2.22. The Morgan fingerprint density at radius 2 is 1.66 bits per heavy atom. The fraction of sp³-hybridized carbons (Fsp3) is 0.290. The van der Waals surface area contributed by atoms with E-state index < -0.39 is 6.03 Å². The van der Waals surface area contributed by atoms with Crippen LogP contribution in [-0.2, 0) is 16.8 Å². The number of ether oxygens (including phenoxy) is 2. The van der Waals surface area contributed by atoms with E-state index in [1.165, 1.54) is 6.92 Å². The van der Waals surface area contributed by atoms with E-state index in [1.807, 2.05) is 62.4 Å². The van der Waals surface area contributed by atoms with Crippen LogP contribution in [0, 0.1) is 13.8 Å². The third kappa shape index (κ3) is 7.21. The van der Waals surface area contributed by atoms with Gasteiger partial charge in [0.15, 0.2) is 0 Å². The maximum absolute atomic E-state index is 13.1. The summed E-state index contributed by atoms with van der Waals surface area (Å²) in [5, 5.41) is 13.4. The molecule has 0 atom stereocenters. The first-order valence-corrected chi connectivity index (χ1v) is 13.2. The molecule has 0 radical (unpaired) electrons. The first kappa shape index (κ1) is 29.1. The van der Waals surface area contributed by atoms with Crippen molar-refractivity contribution < 1.29 is 19.1 Å². The lowest BCUT2D eigenvalue weighted by atomic mass is 9.92. The average Bonchev–Trinajstić information content (AvgIpc) is 3.35. The normalized spacial score (nSPS) is 11.1. The lowest BCUT2D eigenvalue weighted by molar-refractivity contribution is -0.114. The number of hydrogen-bond donors (Lipinski definition) is 3. The minimum absolute atomic E-state index is 0.186. The van der Waals surface area contributed by atoms with Gasteiger partial charge in [-0.1, -0.05) is 20.8 Å². The first-order chi connectivity index (χ1) is 19.4. The summed E-state index contributed by atoms with van der Waals surface area (Å²) in [5.74, 6) is 2.26. The first-order valence-electron chi connectivity index (χ1n) is 13.2. The standard InChI is InChI=1S/C31H36N6O4/c1-19-20(2)26(41-18-22-14-15-32-28(16-22)33-21(3)38)13-12-25(19)34-30(39)35-29-17-27(31(4,5)6)36-37(29)23-8-10-24(40-7)11-9-23/h8-17H,18H2,1-7H3,(H,32,33,38)(H2,34,35,39). The van der Waals surface area contributed by atoms with E-state index in [0.717, 1.165) is 33.8 Å². The minimum atomic E-state index is -0.390. The van der Waals surface area contributed by atoms with Crippen LogP contribution in [0.4, 0.5) is 22.1 Å². The minimum Gasteiger partial charge on any atom is -0.497 e. The van der Waals surface area contributed by atoms with E-state index in [0.29, 0.717) is 29.7 Å². The van der Waals surface area contributed by atoms with Crippen molar-refractivity contribution in [1.29, 1.82) is 0 Å². The van der Waals surface area contributed by atoms with Crippen LogP contribution >= 0.6 is 0 Å². The van der Waals surface area contributed by atoms with Crippen LogP contribution in [0.2, 0.25) is 0 Å². The third-order valence-electron chi connectivity index (χ3n) is 6.54. The van der Waals surface area contributed by atoms with Gasteiger partial charge < -0.3 is 20.1 Å². The zero-order valence-corrected chi connectivity index (χ0v) is 24.5. The zero-order chi connectivity index (χ0) is 29.7. The molecular formula is C31H36N6O4. The predicted octanol–water partition coefficient (Wildman–Crippen LogP) is 6.37. The van der Waals surface area contributed by atoms with Crippen molar-refractivity contribution in [2.75, 3.05) is 23.1 Å². The Kier molecular flexibility index (Phi) is 8.61. The van der Waals surface area contributed by atoms with Gasteiger partial charge in [-0.25, -0.2) is 14.5 Å². The Morgan fingerprint density at radius 1 is 0.927 bits per heavy atom. The highest BCUT2D eigenvalue weighted by atomic mass is 16.5. The molecule has 0 aliphatic carbocycles. The van der Waals surface area contributed by atoms with Crippen LogP contribution in [0.5, 0.6) is 11.5 Å². The molecule has 3 amide bonds. The number of carbonyl (C=O) groups excluding carboxylic acids is 2. The lowest BCUT2D eigenvalue weighted by Gasteiger charge is -2.16. The maximum atomic E-state index is 13.1. The fourth-order valence-electron chi connectivity index (χ4n) is 4.09. The van der Waals surface area contributed by atoms with Gasteiger partial charge in [-0.15, -0.1) is 0 Å². The summed E-state index contributed by atoms with van der Waals surface area (Å²) >= 11 is 0. The van der Waals surface area contributed by atoms with E-state index in [1.54, 1.807) is 24.1 Å². The number of nitrogens with zero attached hydrogens (tertiary/aromatic N) is 3. The molecule has 41 heavy (non-hydrogen) atoms. The number of carbonyl (C=O) groups is 2. The Labute approximate surface area is 240 Å². The van der Waals surface area contributed by atoms with Crippen molar-refractivity contribution in [1.82, 2.24) is 14.8 Å². The highest BCUT2D eigenvalue weighted by Gasteiger charge is 2.22. The number of urea groups is 1. The predicted molar refractivity (Wildman–Crippen MR) is 160 cm³/mol. The van der Waals surface area contributed by atoms with E-state index in [-0.39, 0.29) is 11.3 Å². The maximum Gasteiger partial charge on any atom is 0.324 e.